The highest BCUT2D eigenvalue weighted by Gasteiger charge is 2.12. The van der Waals surface area contributed by atoms with Gasteiger partial charge in [-0.25, -0.2) is 0 Å². The van der Waals surface area contributed by atoms with E-state index in [1.165, 1.54) is 0 Å². The van der Waals surface area contributed by atoms with Gasteiger partial charge in [0, 0.05) is 5.69 Å². The number of nitrogens with one attached hydrogen (secondary N) is 2. The van der Waals surface area contributed by atoms with Gasteiger partial charge < -0.3 is 15.2 Å². The van der Waals surface area contributed by atoms with Crippen LogP contribution in [-0.4, -0.2) is 10.3 Å². The molecule has 0 radical (unpaired) electrons. The SMILES string of the molecule is Cc1noc(/C=C/c2ccccc2)c1NC(=S)Nc1ccccc1. The zero-order chi connectivity index (χ0) is 16.8. The van der Waals surface area contributed by atoms with Crippen LogP contribution in [-0.2, 0) is 0 Å². The van der Waals surface area contributed by atoms with E-state index < -0.39 is 0 Å². The van der Waals surface area contributed by atoms with Gasteiger partial charge in [0.15, 0.2) is 10.9 Å². The summed E-state index contributed by atoms with van der Waals surface area (Å²) in [4.78, 5) is 0. The van der Waals surface area contributed by atoms with Crippen molar-refractivity contribution < 1.29 is 4.52 Å². The largest absolute Gasteiger partial charge is 0.354 e. The Balaban J connectivity index is 1.73. The highest BCUT2D eigenvalue weighted by molar-refractivity contribution is 7.80. The highest BCUT2D eigenvalue weighted by atomic mass is 32.1. The fourth-order valence-corrected chi connectivity index (χ4v) is 2.41. The first-order chi connectivity index (χ1) is 11.7. The summed E-state index contributed by atoms with van der Waals surface area (Å²) in [7, 11) is 0. The van der Waals surface area contributed by atoms with Crippen LogP contribution in [0.25, 0.3) is 12.2 Å². The van der Waals surface area contributed by atoms with Crippen molar-refractivity contribution in [2.45, 2.75) is 6.92 Å². The molecular formula is C19H17N3OS. The van der Waals surface area contributed by atoms with Crippen LogP contribution in [0.5, 0.6) is 0 Å². The van der Waals surface area contributed by atoms with Crippen molar-refractivity contribution in [3.63, 3.8) is 0 Å². The smallest absolute Gasteiger partial charge is 0.183 e. The van der Waals surface area contributed by atoms with E-state index in [1.54, 1.807) is 0 Å². The Morgan fingerprint density at radius 1 is 0.958 bits per heavy atom. The molecule has 0 unspecified atom stereocenters. The predicted octanol–water partition coefficient (Wildman–Crippen LogP) is 4.96. The Bertz CT molecular complexity index is 842. The van der Waals surface area contributed by atoms with Crippen LogP contribution in [0.4, 0.5) is 11.4 Å². The van der Waals surface area contributed by atoms with Gasteiger partial charge in [-0.3, -0.25) is 0 Å². The number of anilines is 2. The Kier molecular flexibility index (Phi) is 5.03. The molecule has 0 saturated heterocycles. The van der Waals surface area contributed by atoms with E-state index >= 15 is 0 Å². The number of rotatable bonds is 4. The van der Waals surface area contributed by atoms with Crippen LogP contribution >= 0.6 is 12.2 Å². The summed E-state index contributed by atoms with van der Waals surface area (Å²) in [6, 6.07) is 19.8. The minimum Gasteiger partial charge on any atom is -0.354 e. The first-order valence-electron chi connectivity index (χ1n) is 7.55. The van der Waals surface area contributed by atoms with Crippen LogP contribution in [0.1, 0.15) is 17.0 Å². The predicted molar refractivity (Wildman–Crippen MR) is 103 cm³/mol. The van der Waals surface area contributed by atoms with E-state index in [0.717, 1.165) is 22.6 Å². The number of para-hydroxylation sites is 1. The Morgan fingerprint density at radius 2 is 1.62 bits per heavy atom. The third kappa shape index (κ3) is 4.08. The maximum absolute atomic E-state index is 5.38. The number of hydrogen-bond donors (Lipinski definition) is 2. The maximum Gasteiger partial charge on any atom is 0.183 e. The second-order valence-electron chi connectivity index (χ2n) is 5.20. The molecule has 0 spiro atoms. The number of nitrogens with zero attached hydrogens (tertiary/aromatic N) is 1. The van der Waals surface area contributed by atoms with Gasteiger partial charge in [-0.15, -0.1) is 0 Å². The Hall–Kier alpha value is -2.92. The van der Waals surface area contributed by atoms with Crippen LogP contribution < -0.4 is 10.6 Å². The van der Waals surface area contributed by atoms with E-state index in [2.05, 4.69) is 15.8 Å². The maximum atomic E-state index is 5.38. The minimum atomic E-state index is 0.488. The average molecular weight is 335 g/mol. The summed E-state index contributed by atoms with van der Waals surface area (Å²) in [5.41, 5.74) is 3.52. The molecular weight excluding hydrogens is 318 g/mol. The van der Waals surface area contributed by atoms with Crippen molar-refractivity contribution in [3.8, 4) is 0 Å². The lowest BCUT2D eigenvalue weighted by Gasteiger charge is -2.09. The monoisotopic (exact) mass is 335 g/mol. The number of aryl methyl sites for hydroxylation is 1. The van der Waals surface area contributed by atoms with E-state index in [0.29, 0.717) is 10.9 Å². The molecule has 120 valence electrons. The molecule has 3 aromatic rings. The zero-order valence-corrected chi connectivity index (χ0v) is 14.0. The summed E-state index contributed by atoms with van der Waals surface area (Å²) < 4.78 is 5.38. The van der Waals surface area contributed by atoms with Gasteiger partial charge >= 0.3 is 0 Å². The van der Waals surface area contributed by atoms with Crippen molar-refractivity contribution in [1.29, 1.82) is 0 Å². The van der Waals surface area contributed by atoms with Gasteiger partial charge in [0.2, 0.25) is 0 Å². The molecule has 0 amide bonds. The van der Waals surface area contributed by atoms with Crippen LogP contribution in [0.2, 0.25) is 0 Å². The van der Waals surface area contributed by atoms with Gasteiger partial charge in [-0.1, -0.05) is 59.8 Å². The summed E-state index contributed by atoms with van der Waals surface area (Å²) in [5.74, 6) is 0.633. The molecule has 0 aliphatic rings. The second-order valence-corrected chi connectivity index (χ2v) is 5.60. The van der Waals surface area contributed by atoms with Crippen molar-refractivity contribution in [2.75, 3.05) is 10.6 Å². The number of thiocarbonyl (C=S) groups is 1. The third-order valence-corrected chi connectivity index (χ3v) is 3.59. The molecule has 2 aromatic carbocycles. The topological polar surface area (TPSA) is 50.1 Å². The summed E-state index contributed by atoms with van der Waals surface area (Å²) >= 11 is 5.37. The lowest BCUT2D eigenvalue weighted by atomic mass is 10.2. The summed E-state index contributed by atoms with van der Waals surface area (Å²) in [6.07, 6.45) is 3.85. The minimum absolute atomic E-state index is 0.488. The fourth-order valence-electron chi connectivity index (χ4n) is 2.19. The second kappa shape index (κ2) is 7.57. The van der Waals surface area contributed by atoms with Crippen molar-refractivity contribution in [2.24, 2.45) is 0 Å². The van der Waals surface area contributed by atoms with Crippen LogP contribution in [0.3, 0.4) is 0 Å². The Morgan fingerprint density at radius 3 is 2.33 bits per heavy atom. The van der Waals surface area contributed by atoms with Crippen molar-refractivity contribution >= 4 is 40.9 Å². The van der Waals surface area contributed by atoms with E-state index in [4.69, 9.17) is 16.7 Å². The molecule has 1 aromatic heterocycles. The van der Waals surface area contributed by atoms with E-state index in [9.17, 15) is 0 Å². The normalized spacial score (nSPS) is 10.7. The molecule has 4 nitrogen and oxygen atoms in total. The molecule has 5 heteroatoms. The quantitative estimate of drug-likeness (QED) is 0.660. The lowest BCUT2D eigenvalue weighted by Crippen LogP contribution is -2.19. The zero-order valence-electron chi connectivity index (χ0n) is 13.2. The molecule has 0 atom stereocenters. The molecule has 0 aliphatic carbocycles. The van der Waals surface area contributed by atoms with E-state index in [-0.39, 0.29) is 0 Å². The van der Waals surface area contributed by atoms with Crippen molar-refractivity contribution in [1.82, 2.24) is 5.16 Å². The van der Waals surface area contributed by atoms with Gasteiger partial charge in [0.25, 0.3) is 0 Å². The molecule has 0 bridgehead atoms. The lowest BCUT2D eigenvalue weighted by molar-refractivity contribution is 0.408. The molecule has 2 N–H and O–H groups in total. The number of aromatic nitrogens is 1. The number of benzene rings is 2. The average Bonchev–Trinajstić information content (AvgIpc) is 2.95. The van der Waals surface area contributed by atoms with Crippen LogP contribution in [0.15, 0.2) is 65.2 Å². The first kappa shape index (κ1) is 16.0. The van der Waals surface area contributed by atoms with Crippen molar-refractivity contribution in [3.05, 3.63) is 77.7 Å². The van der Waals surface area contributed by atoms with Gasteiger partial charge in [-0.05, 0) is 42.9 Å². The van der Waals surface area contributed by atoms with Gasteiger partial charge in [0.1, 0.15) is 11.4 Å². The third-order valence-electron chi connectivity index (χ3n) is 3.39. The molecule has 3 rings (SSSR count). The van der Waals surface area contributed by atoms with Gasteiger partial charge in [-0.2, -0.15) is 0 Å². The molecule has 1 heterocycles. The Labute approximate surface area is 146 Å². The number of hydrogen-bond acceptors (Lipinski definition) is 3. The molecule has 0 aliphatic heterocycles. The standard InChI is InChI=1S/C19H17N3OS/c1-14-18(21-19(24)20-16-10-6-3-7-11-16)17(23-22-14)13-12-15-8-4-2-5-9-15/h2-13H,1H3,(H2,20,21,24)/b13-12+. The highest BCUT2D eigenvalue weighted by Crippen LogP contribution is 2.23. The molecule has 0 fully saturated rings. The van der Waals surface area contributed by atoms with Crippen LogP contribution in [0, 0.1) is 6.92 Å². The summed E-state index contributed by atoms with van der Waals surface area (Å²) in [5, 5.41) is 10.8. The van der Waals surface area contributed by atoms with E-state index in [1.807, 2.05) is 79.7 Å². The summed E-state index contributed by atoms with van der Waals surface area (Å²) in [6.45, 7) is 1.87. The fraction of sp³-hybridized carbons (Fsp3) is 0.0526. The molecule has 0 saturated carbocycles. The van der Waals surface area contributed by atoms with Gasteiger partial charge in [0.05, 0.1) is 0 Å². The first-order valence-corrected chi connectivity index (χ1v) is 7.95. The molecule has 24 heavy (non-hydrogen) atoms.